The largest absolute Gasteiger partial charge is 0.324 e. The molecule has 0 spiro atoms. The summed E-state index contributed by atoms with van der Waals surface area (Å²) in [5.41, 5.74) is 0.421. The lowest BCUT2D eigenvalue weighted by molar-refractivity contribution is 0.795. The average molecular weight is 162 g/mol. The van der Waals surface area contributed by atoms with Crippen molar-refractivity contribution in [3.05, 3.63) is 21.3 Å². The van der Waals surface area contributed by atoms with E-state index in [9.17, 15) is 4.79 Å². The van der Waals surface area contributed by atoms with Crippen LogP contribution in [0, 0.1) is 0 Å². The van der Waals surface area contributed by atoms with Crippen molar-refractivity contribution in [2.24, 2.45) is 0 Å². The van der Waals surface area contributed by atoms with E-state index in [-0.39, 0.29) is 5.69 Å². The van der Waals surface area contributed by atoms with E-state index in [4.69, 9.17) is 11.6 Å². The van der Waals surface area contributed by atoms with Crippen LogP contribution in [0.1, 0.15) is 5.69 Å². The second kappa shape index (κ2) is 2.90. The van der Waals surface area contributed by atoms with Crippen molar-refractivity contribution in [3.8, 4) is 0 Å². The predicted molar refractivity (Wildman–Crippen MR) is 39.2 cm³/mol. The molecule has 0 saturated carbocycles. The molecular formula is C5H8ClN3O. The maximum atomic E-state index is 10.6. The fourth-order valence-electron chi connectivity index (χ4n) is 0.697. The third-order valence-electron chi connectivity index (χ3n) is 1.11. The van der Waals surface area contributed by atoms with E-state index in [1.165, 1.54) is 0 Å². The Kier molecular flexibility index (Phi) is 2.13. The molecule has 1 rings (SSSR count). The third kappa shape index (κ3) is 1.40. The molecule has 10 heavy (non-hydrogen) atoms. The van der Waals surface area contributed by atoms with Gasteiger partial charge in [0.25, 0.3) is 0 Å². The van der Waals surface area contributed by atoms with Crippen molar-refractivity contribution in [1.29, 1.82) is 0 Å². The molecule has 56 valence electrons. The van der Waals surface area contributed by atoms with E-state index < -0.39 is 0 Å². The first kappa shape index (κ1) is 7.37. The number of halogens is 1. The van der Waals surface area contributed by atoms with Crippen LogP contribution in [0.15, 0.2) is 4.79 Å². The Hall–Kier alpha value is -0.740. The van der Waals surface area contributed by atoms with Gasteiger partial charge in [-0.05, 0) is 7.05 Å². The van der Waals surface area contributed by atoms with Crippen molar-refractivity contribution in [1.82, 2.24) is 15.3 Å². The van der Waals surface area contributed by atoms with Crippen LogP contribution in [0.2, 0.25) is 5.15 Å². The number of rotatable bonds is 2. The number of hydrogen-bond donors (Lipinski definition) is 3. The van der Waals surface area contributed by atoms with E-state index in [0.717, 1.165) is 0 Å². The van der Waals surface area contributed by atoms with Crippen molar-refractivity contribution < 1.29 is 0 Å². The molecule has 0 atom stereocenters. The molecule has 4 nitrogen and oxygen atoms in total. The van der Waals surface area contributed by atoms with Crippen LogP contribution in [-0.4, -0.2) is 17.0 Å². The number of H-pyrrole nitrogens is 2. The molecule has 3 N–H and O–H groups in total. The zero-order chi connectivity index (χ0) is 7.56. The molecule has 0 radical (unpaired) electrons. The molecule has 0 unspecified atom stereocenters. The highest BCUT2D eigenvalue weighted by atomic mass is 35.5. The van der Waals surface area contributed by atoms with E-state index >= 15 is 0 Å². The highest BCUT2D eigenvalue weighted by Gasteiger charge is 2.00. The van der Waals surface area contributed by atoms with Crippen molar-refractivity contribution in [2.75, 3.05) is 7.05 Å². The minimum atomic E-state index is -0.268. The summed E-state index contributed by atoms with van der Waals surface area (Å²) < 4.78 is 0. The standard InChI is InChI=1S/C5H8ClN3O/c1-7-2-3-4(6)9-5(10)8-3/h7H,2H2,1H3,(H2,8,9,10). The highest BCUT2D eigenvalue weighted by molar-refractivity contribution is 6.30. The molecular weight excluding hydrogens is 154 g/mol. The van der Waals surface area contributed by atoms with E-state index in [1.54, 1.807) is 7.05 Å². The fraction of sp³-hybridized carbons (Fsp3) is 0.400. The third-order valence-corrected chi connectivity index (χ3v) is 1.43. The summed E-state index contributed by atoms with van der Waals surface area (Å²) >= 11 is 5.60. The molecule has 0 saturated heterocycles. The Labute approximate surface area is 62.6 Å². The zero-order valence-corrected chi connectivity index (χ0v) is 6.25. The first-order valence-corrected chi connectivity index (χ1v) is 3.23. The lowest BCUT2D eigenvalue weighted by atomic mass is 10.5. The van der Waals surface area contributed by atoms with Gasteiger partial charge >= 0.3 is 5.69 Å². The second-order valence-electron chi connectivity index (χ2n) is 1.90. The fourth-order valence-corrected chi connectivity index (χ4v) is 0.897. The molecule has 0 aliphatic carbocycles. The summed E-state index contributed by atoms with van der Waals surface area (Å²) in [4.78, 5) is 15.5. The predicted octanol–water partition coefficient (Wildman–Crippen LogP) is 0.0758. The Morgan fingerprint density at radius 1 is 1.60 bits per heavy atom. The molecule has 5 heteroatoms. The van der Waals surface area contributed by atoms with Crippen LogP contribution in [-0.2, 0) is 6.54 Å². The van der Waals surface area contributed by atoms with Gasteiger partial charge in [-0.15, -0.1) is 0 Å². The molecule has 0 bridgehead atoms. The number of aromatic amines is 2. The topological polar surface area (TPSA) is 60.7 Å². The van der Waals surface area contributed by atoms with Crippen LogP contribution in [0.25, 0.3) is 0 Å². The van der Waals surface area contributed by atoms with Crippen molar-refractivity contribution in [3.63, 3.8) is 0 Å². The molecule has 0 fully saturated rings. The Morgan fingerprint density at radius 2 is 2.30 bits per heavy atom. The molecule has 0 amide bonds. The lowest BCUT2D eigenvalue weighted by Gasteiger charge is -1.92. The van der Waals surface area contributed by atoms with E-state index in [0.29, 0.717) is 17.4 Å². The quantitative estimate of drug-likeness (QED) is 0.575. The van der Waals surface area contributed by atoms with Gasteiger partial charge in [-0.1, -0.05) is 11.6 Å². The molecule has 1 heterocycles. The van der Waals surface area contributed by atoms with Crippen molar-refractivity contribution in [2.45, 2.75) is 6.54 Å². The van der Waals surface area contributed by atoms with Gasteiger partial charge in [-0.25, -0.2) is 4.79 Å². The zero-order valence-electron chi connectivity index (χ0n) is 5.49. The smallest absolute Gasteiger partial charge is 0.314 e. The summed E-state index contributed by atoms with van der Waals surface area (Å²) in [6.45, 7) is 0.567. The lowest BCUT2D eigenvalue weighted by Crippen LogP contribution is -2.07. The summed E-state index contributed by atoms with van der Waals surface area (Å²) in [7, 11) is 1.78. The van der Waals surface area contributed by atoms with Gasteiger partial charge in [-0.2, -0.15) is 0 Å². The summed E-state index contributed by atoms with van der Waals surface area (Å²) in [5.74, 6) is 0. The monoisotopic (exact) mass is 161 g/mol. The Morgan fingerprint density at radius 3 is 2.70 bits per heavy atom. The number of hydrogen-bond acceptors (Lipinski definition) is 2. The van der Waals surface area contributed by atoms with Gasteiger partial charge in [0.1, 0.15) is 5.15 Å². The summed E-state index contributed by atoms with van der Waals surface area (Å²) in [6.07, 6.45) is 0. The van der Waals surface area contributed by atoms with Crippen molar-refractivity contribution >= 4 is 11.6 Å². The van der Waals surface area contributed by atoms with Gasteiger partial charge in [-0.3, -0.25) is 4.98 Å². The maximum Gasteiger partial charge on any atom is 0.324 e. The second-order valence-corrected chi connectivity index (χ2v) is 2.28. The van der Waals surface area contributed by atoms with Gasteiger partial charge in [0.05, 0.1) is 5.69 Å². The Bertz CT molecular complexity index is 264. The molecule has 0 aliphatic heterocycles. The van der Waals surface area contributed by atoms with Gasteiger partial charge in [0.15, 0.2) is 0 Å². The minimum Gasteiger partial charge on any atom is -0.314 e. The minimum absolute atomic E-state index is 0.268. The van der Waals surface area contributed by atoms with Crippen LogP contribution in [0.5, 0.6) is 0 Å². The summed E-state index contributed by atoms with van der Waals surface area (Å²) in [6, 6.07) is 0. The van der Waals surface area contributed by atoms with E-state index in [1.807, 2.05) is 0 Å². The molecule has 0 aromatic carbocycles. The van der Waals surface area contributed by atoms with Gasteiger partial charge < -0.3 is 10.3 Å². The van der Waals surface area contributed by atoms with Crippen LogP contribution in [0.3, 0.4) is 0 Å². The number of nitrogens with one attached hydrogen (secondary N) is 3. The molecule has 0 aliphatic rings. The Balaban J connectivity index is 2.92. The number of imidazole rings is 1. The van der Waals surface area contributed by atoms with Crippen LogP contribution < -0.4 is 11.0 Å². The van der Waals surface area contributed by atoms with Crippen LogP contribution >= 0.6 is 11.6 Å². The normalized spacial score (nSPS) is 10.2. The first-order valence-electron chi connectivity index (χ1n) is 2.85. The number of aromatic nitrogens is 2. The first-order chi connectivity index (χ1) is 4.74. The van der Waals surface area contributed by atoms with Gasteiger partial charge in [0.2, 0.25) is 0 Å². The van der Waals surface area contributed by atoms with Gasteiger partial charge in [0, 0.05) is 6.54 Å². The molecule has 1 aromatic heterocycles. The van der Waals surface area contributed by atoms with Crippen LogP contribution in [0.4, 0.5) is 0 Å². The van der Waals surface area contributed by atoms with E-state index in [2.05, 4.69) is 15.3 Å². The average Bonchev–Trinajstić information content (AvgIpc) is 2.13. The SMILES string of the molecule is CNCc1[nH]c(=O)[nH]c1Cl. The molecule has 1 aromatic rings. The highest BCUT2D eigenvalue weighted by Crippen LogP contribution is 2.05. The maximum absolute atomic E-state index is 10.6. The summed E-state index contributed by atoms with van der Waals surface area (Å²) in [5, 5.41) is 3.24.